The topological polar surface area (TPSA) is 42.4 Å². The molecule has 4 nitrogen and oxygen atoms in total. The molecule has 1 aromatic rings. The Morgan fingerprint density at radius 2 is 2.40 bits per heavy atom. The molecule has 0 aromatic carbocycles. The smallest absolute Gasteiger partial charge is 0.274 e. The van der Waals surface area contributed by atoms with Gasteiger partial charge in [0.15, 0.2) is 0 Å². The highest BCUT2D eigenvalue weighted by Gasteiger charge is 2.11. The van der Waals surface area contributed by atoms with Gasteiger partial charge in [-0.1, -0.05) is 6.92 Å². The Morgan fingerprint density at radius 3 is 3.00 bits per heavy atom. The lowest BCUT2D eigenvalue weighted by molar-refractivity contribution is -0.0757. The third kappa shape index (κ3) is 3.21. The highest BCUT2D eigenvalue weighted by molar-refractivity contribution is 7.99. The molecule has 0 fully saturated rings. The van der Waals surface area contributed by atoms with Gasteiger partial charge >= 0.3 is 0 Å². The first-order chi connectivity index (χ1) is 7.19. The van der Waals surface area contributed by atoms with Crippen LogP contribution in [0, 0.1) is 0 Å². The molecule has 0 unspecified atom stereocenters. The van der Waals surface area contributed by atoms with E-state index in [1.165, 1.54) is 12.2 Å². The highest BCUT2D eigenvalue weighted by Crippen LogP contribution is 2.16. The summed E-state index contributed by atoms with van der Waals surface area (Å²) in [6, 6.07) is 3.45. The van der Waals surface area contributed by atoms with Crippen LogP contribution in [0.3, 0.4) is 0 Å². The minimum absolute atomic E-state index is 0.169. The monoisotopic (exact) mass is 226 g/mol. The number of hydroxylamine groups is 2. The van der Waals surface area contributed by atoms with E-state index >= 15 is 0 Å². The predicted octanol–water partition coefficient (Wildman–Crippen LogP) is 1.83. The van der Waals surface area contributed by atoms with Crippen LogP contribution < -0.4 is 0 Å². The molecule has 0 aliphatic carbocycles. The van der Waals surface area contributed by atoms with Crippen LogP contribution in [0.2, 0.25) is 0 Å². The maximum absolute atomic E-state index is 11.7. The quantitative estimate of drug-likeness (QED) is 0.580. The van der Waals surface area contributed by atoms with Crippen LogP contribution in [0.1, 0.15) is 17.3 Å². The standard InChI is InChI=1S/C10H14N2O2S/c1-4-15-9-7-8(5-6-11-9)10(13)12(2)14-3/h5-7H,4H2,1-3H3. The molecule has 5 heteroatoms. The summed E-state index contributed by atoms with van der Waals surface area (Å²) in [5.41, 5.74) is 0.588. The molecule has 1 aromatic heterocycles. The Bertz CT molecular complexity index is 344. The van der Waals surface area contributed by atoms with E-state index in [9.17, 15) is 4.79 Å². The highest BCUT2D eigenvalue weighted by atomic mass is 32.2. The average Bonchev–Trinajstić information content (AvgIpc) is 2.28. The summed E-state index contributed by atoms with van der Waals surface area (Å²) < 4.78 is 0. The van der Waals surface area contributed by atoms with Crippen LogP contribution in [0.15, 0.2) is 23.4 Å². The molecule has 82 valence electrons. The Hall–Kier alpha value is -1.07. The largest absolute Gasteiger partial charge is 0.277 e. The summed E-state index contributed by atoms with van der Waals surface area (Å²) >= 11 is 1.60. The van der Waals surface area contributed by atoms with Gasteiger partial charge in [-0.05, 0) is 17.9 Å². The number of hydrogen-bond donors (Lipinski definition) is 0. The van der Waals surface area contributed by atoms with Crippen molar-refractivity contribution in [3.05, 3.63) is 23.9 Å². The number of hydrogen-bond acceptors (Lipinski definition) is 4. The molecule has 1 rings (SSSR count). The van der Waals surface area contributed by atoms with Crippen LogP contribution >= 0.6 is 11.8 Å². The van der Waals surface area contributed by atoms with Gasteiger partial charge in [0.2, 0.25) is 0 Å². The first-order valence-corrected chi connectivity index (χ1v) is 5.58. The van der Waals surface area contributed by atoms with E-state index in [4.69, 9.17) is 4.84 Å². The number of aromatic nitrogens is 1. The molecule has 0 aliphatic heterocycles. The van der Waals surface area contributed by atoms with Gasteiger partial charge in [0.25, 0.3) is 5.91 Å². The molecule has 0 spiro atoms. The lowest BCUT2D eigenvalue weighted by atomic mass is 10.2. The van der Waals surface area contributed by atoms with Gasteiger partial charge < -0.3 is 0 Å². The predicted molar refractivity (Wildman–Crippen MR) is 59.7 cm³/mol. The van der Waals surface area contributed by atoms with Gasteiger partial charge in [-0.2, -0.15) is 0 Å². The molecular weight excluding hydrogens is 212 g/mol. The van der Waals surface area contributed by atoms with Gasteiger partial charge in [-0.15, -0.1) is 11.8 Å². The fourth-order valence-corrected chi connectivity index (χ4v) is 1.68. The molecule has 0 N–H and O–H groups in total. The van der Waals surface area contributed by atoms with Crippen molar-refractivity contribution in [1.29, 1.82) is 0 Å². The Kier molecular flexibility index (Phi) is 4.58. The summed E-state index contributed by atoms with van der Waals surface area (Å²) in [6.45, 7) is 2.04. The van der Waals surface area contributed by atoms with Gasteiger partial charge in [0.1, 0.15) is 0 Å². The molecule has 0 radical (unpaired) electrons. The van der Waals surface area contributed by atoms with E-state index in [0.717, 1.165) is 10.8 Å². The molecule has 1 amide bonds. The maximum atomic E-state index is 11.7. The van der Waals surface area contributed by atoms with E-state index in [1.807, 2.05) is 6.92 Å². The molecule has 15 heavy (non-hydrogen) atoms. The second kappa shape index (κ2) is 5.72. The van der Waals surface area contributed by atoms with Crippen molar-refractivity contribution in [2.75, 3.05) is 19.9 Å². The first kappa shape index (κ1) is 12.0. The van der Waals surface area contributed by atoms with E-state index in [1.54, 1.807) is 37.1 Å². The zero-order chi connectivity index (χ0) is 11.3. The number of amides is 1. The summed E-state index contributed by atoms with van der Waals surface area (Å²) in [6.07, 6.45) is 1.63. The van der Waals surface area contributed by atoms with Gasteiger partial charge in [-0.25, -0.2) is 10.0 Å². The Morgan fingerprint density at radius 1 is 1.67 bits per heavy atom. The molecule has 0 saturated carbocycles. The minimum Gasteiger partial charge on any atom is -0.274 e. The minimum atomic E-state index is -0.169. The fourth-order valence-electron chi connectivity index (χ4n) is 1.03. The molecule has 1 heterocycles. The van der Waals surface area contributed by atoms with Gasteiger partial charge in [0, 0.05) is 18.8 Å². The van der Waals surface area contributed by atoms with Crippen molar-refractivity contribution in [3.8, 4) is 0 Å². The third-order valence-corrected chi connectivity index (χ3v) is 2.64. The van der Waals surface area contributed by atoms with E-state index < -0.39 is 0 Å². The zero-order valence-corrected chi connectivity index (χ0v) is 9.87. The van der Waals surface area contributed by atoms with Crippen LogP contribution in [0.25, 0.3) is 0 Å². The summed E-state index contributed by atoms with van der Waals surface area (Å²) in [7, 11) is 3.04. The van der Waals surface area contributed by atoms with Gasteiger partial charge in [-0.3, -0.25) is 9.63 Å². The van der Waals surface area contributed by atoms with Crippen LogP contribution in [0.5, 0.6) is 0 Å². The van der Waals surface area contributed by atoms with Crippen LogP contribution in [-0.2, 0) is 4.84 Å². The van der Waals surface area contributed by atoms with Crippen molar-refractivity contribution in [2.24, 2.45) is 0 Å². The lowest BCUT2D eigenvalue weighted by Crippen LogP contribution is -2.25. The third-order valence-electron chi connectivity index (χ3n) is 1.83. The summed E-state index contributed by atoms with van der Waals surface area (Å²) in [5.74, 6) is 0.767. The average molecular weight is 226 g/mol. The van der Waals surface area contributed by atoms with Crippen molar-refractivity contribution < 1.29 is 9.63 Å². The Balaban J connectivity index is 2.85. The first-order valence-electron chi connectivity index (χ1n) is 4.60. The van der Waals surface area contributed by atoms with Crippen molar-refractivity contribution in [3.63, 3.8) is 0 Å². The zero-order valence-electron chi connectivity index (χ0n) is 9.06. The summed E-state index contributed by atoms with van der Waals surface area (Å²) in [4.78, 5) is 20.7. The van der Waals surface area contributed by atoms with E-state index in [2.05, 4.69) is 4.98 Å². The second-order valence-electron chi connectivity index (χ2n) is 2.80. The van der Waals surface area contributed by atoms with Gasteiger partial charge in [0.05, 0.1) is 12.1 Å². The van der Waals surface area contributed by atoms with Crippen molar-refractivity contribution in [1.82, 2.24) is 10.0 Å². The number of pyridine rings is 1. The number of thioether (sulfide) groups is 1. The number of nitrogens with zero attached hydrogens (tertiary/aromatic N) is 2. The van der Waals surface area contributed by atoms with E-state index in [-0.39, 0.29) is 5.91 Å². The Labute approximate surface area is 93.6 Å². The molecule has 0 bridgehead atoms. The molecule has 0 atom stereocenters. The number of carbonyl (C=O) groups excluding carboxylic acids is 1. The fraction of sp³-hybridized carbons (Fsp3) is 0.400. The summed E-state index contributed by atoms with van der Waals surface area (Å²) in [5, 5.41) is 2.04. The van der Waals surface area contributed by atoms with Crippen LogP contribution in [0.4, 0.5) is 0 Å². The van der Waals surface area contributed by atoms with E-state index in [0.29, 0.717) is 5.56 Å². The van der Waals surface area contributed by atoms with Crippen molar-refractivity contribution in [2.45, 2.75) is 11.9 Å². The van der Waals surface area contributed by atoms with Crippen LogP contribution in [-0.4, -0.2) is 35.9 Å². The normalized spacial score (nSPS) is 10.1. The number of carbonyl (C=O) groups is 1. The second-order valence-corrected chi connectivity index (χ2v) is 4.09. The lowest BCUT2D eigenvalue weighted by Gasteiger charge is -2.13. The number of rotatable bonds is 4. The van der Waals surface area contributed by atoms with Crippen molar-refractivity contribution >= 4 is 17.7 Å². The molecule has 0 aliphatic rings. The maximum Gasteiger partial charge on any atom is 0.277 e. The SMILES string of the molecule is CCSc1cc(C(=O)N(C)OC)ccn1. The molecular formula is C10H14N2O2S. The molecule has 0 saturated heterocycles.